The molecule has 0 N–H and O–H groups in total. The zero-order valence-corrected chi connectivity index (χ0v) is 17.8. The van der Waals surface area contributed by atoms with E-state index in [2.05, 4.69) is 47.5 Å². The summed E-state index contributed by atoms with van der Waals surface area (Å²) in [7, 11) is 0. The Balaban J connectivity index is 2.87. The average molecular weight is 393 g/mol. The van der Waals surface area contributed by atoms with Crippen LogP contribution in [0.5, 0.6) is 0 Å². The topological polar surface area (TPSA) is 79.8 Å². The van der Waals surface area contributed by atoms with Gasteiger partial charge >= 0.3 is 0 Å². The maximum Gasteiger partial charge on any atom is 0.178 e. The minimum Gasteiger partial charge on any atom is -0.303 e. The Hall–Kier alpha value is -1.32. The van der Waals surface area contributed by atoms with Crippen molar-refractivity contribution in [1.29, 1.82) is 10.5 Å². The van der Waals surface area contributed by atoms with Gasteiger partial charge in [-0.25, -0.2) is 9.97 Å². The quantitative estimate of drug-likeness (QED) is 0.502. The van der Waals surface area contributed by atoms with Crippen LogP contribution in [-0.4, -0.2) is 70.5 Å². The van der Waals surface area contributed by atoms with Gasteiger partial charge in [-0.05, 0) is 26.2 Å². The first-order valence-corrected chi connectivity index (χ1v) is 11.0. The second-order valence-corrected chi connectivity index (χ2v) is 7.67. The molecule has 0 aliphatic rings. The molecule has 0 spiro atoms. The lowest BCUT2D eigenvalue weighted by molar-refractivity contribution is 0.323. The van der Waals surface area contributed by atoms with Crippen LogP contribution in [0.2, 0.25) is 0 Å². The molecular weight excluding hydrogens is 364 g/mol. The van der Waals surface area contributed by atoms with Crippen molar-refractivity contribution in [3.63, 3.8) is 0 Å². The molecule has 0 bridgehead atoms. The molecule has 0 atom stereocenters. The minimum atomic E-state index is 0.117. The molecule has 6 nitrogen and oxygen atoms in total. The predicted molar refractivity (Wildman–Crippen MR) is 108 cm³/mol. The number of thioether (sulfide) groups is 2. The third-order valence-corrected chi connectivity index (χ3v) is 6.15. The summed E-state index contributed by atoms with van der Waals surface area (Å²) in [6.07, 6.45) is 0. The summed E-state index contributed by atoms with van der Waals surface area (Å²) in [4.78, 5) is 13.5. The number of nitriles is 2. The third kappa shape index (κ3) is 7.13. The molecule has 0 amide bonds. The average Bonchev–Trinajstić information content (AvgIpc) is 2.68. The molecule has 0 aliphatic heterocycles. The van der Waals surface area contributed by atoms with E-state index in [9.17, 15) is 10.5 Å². The van der Waals surface area contributed by atoms with Crippen molar-refractivity contribution in [1.82, 2.24) is 19.8 Å². The lowest BCUT2D eigenvalue weighted by Gasteiger charge is -2.18. The van der Waals surface area contributed by atoms with E-state index in [-0.39, 0.29) is 11.4 Å². The summed E-state index contributed by atoms with van der Waals surface area (Å²) in [5, 5.41) is 20.0. The van der Waals surface area contributed by atoms with E-state index in [0.29, 0.717) is 0 Å². The second-order valence-electron chi connectivity index (χ2n) is 5.51. The van der Waals surface area contributed by atoms with Crippen LogP contribution in [-0.2, 0) is 0 Å². The Morgan fingerprint density at radius 1 is 0.731 bits per heavy atom. The predicted octanol–water partition coefficient (Wildman–Crippen LogP) is 3.09. The lowest BCUT2D eigenvalue weighted by Crippen LogP contribution is -2.25. The molecule has 142 valence electrons. The molecule has 8 heteroatoms. The third-order valence-electron chi connectivity index (χ3n) is 4.13. The van der Waals surface area contributed by atoms with Crippen LogP contribution in [0.1, 0.15) is 39.1 Å². The zero-order chi connectivity index (χ0) is 19.4. The summed E-state index contributed by atoms with van der Waals surface area (Å²) in [5.74, 6) is 1.77. The summed E-state index contributed by atoms with van der Waals surface area (Å²) in [6, 6.07) is 3.98. The standard InChI is InChI=1S/C18H28N6S2/c1-5-23(6-2)9-11-25-17-18(26-12-10-24(7-3)8-4)22-16(14-20)15(13-19)21-17/h5-12H2,1-4H3. The lowest BCUT2D eigenvalue weighted by atomic mass is 10.3. The summed E-state index contributed by atoms with van der Waals surface area (Å²) in [6.45, 7) is 14.6. The van der Waals surface area contributed by atoms with E-state index in [4.69, 9.17) is 0 Å². The fourth-order valence-electron chi connectivity index (χ4n) is 2.37. The highest BCUT2D eigenvalue weighted by Gasteiger charge is 2.15. The number of rotatable bonds is 12. The zero-order valence-electron chi connectivity index (χ0n) is 16.2. The van der Waals surface area contributed by atoms with Crippen LogP contribution in [0.3, 0.4) is 0 Å². The van der Waals surface area contributed by atoms with Crippen LogP contribution in [0, 0.1) is 22.7 Å². The van der Waals surface area contributed by atoms with Gasteiger partial charge in [0.1, 0.15) is 22.2 Å². The van der Waals surface area contributed by atoms with Gasteiger partial charge in [-0.2, -0.15) is 10.5 Å². The molecule has 0 saturated heterocycles. The van der Waals surface area contributed by atoms with Crippen molar-refractivity contribution in [3.05, 3.63) is 11.4 Å². The van der Waals surface area contributed by atoms with Crippen LogP contribution < -0.4 is 0 Å². The van der Waals surface area contributed by atoms with E-state index in [1.54, 1.807) is 23.5 Å². The van der Waals surface area contributed by atoms with Crippen molar-refractivity contribution < 1.29 is 0 Å². The number of hydrogen-bond acceptors (Lipinski definition) is 8. The first-order chi connectivity index (χ1) is 12.6. The number of aromatic nitrogens is 2. The van der Waals surface area contributed by atoms with E-state index < -0.39 is 0 Å². The van der Waals surface area contributed by atoms with Gasteiger partial charge in [-0.3, -0.25) is 0 Å². The molecule has 26 heavy (non-hydrogen) atoms. The normalized spacial score (nSPS) is 10.9. The highest BCUT2D eigenvalue weighted by molar-refractivity contribution is 8.02. The van der Waals surface area contributed by atoms with Gasteiger partial charge in [0.2, 0.25) is 0 Å². The highest BCUT2D eigenvalue weighted by Crippen LogP contribution is 2.28. The molecule has 0 saturated carbocycles. The summed E-state index contributed by atoms with van der Waals surface area (Å²) >= 11 is 3.23. The molecule has 0 aliphatic carbocycles. The first kappa shape index (κ1) is 22.7. The monoisotopic (exact) mass is 392 g/mol. The van der Waals surface area contributed by atoms with Crippen molar-refractivity contribution >= 4 is 23.5 Å². The van der Waals surface area contributed by atoms with Gasteiger partial charge in [0.05, 0.1) is 0 Å². The molecule has 1 rings (SSSR count). The Morgan fingerprint density at radius 2 is 1.08 bits per heavy atom. The van der Waals surface area contributed by atoms with E-state index in [0.717, 1.165) is 60.8 Å². The van der Waals surface area contributed by atoms with E-state index >= 15 is 0 Å². The maximum absolute atomic E-state index is 9.23. The summed E-state index contributed by atoms with van der Waals surface area (Å²) < 4.78 is 0. The van der Waals surface area contributed by atoms with Gasteiger partial charge in [0, 0.05) is 24.6 Å². The molecule has 1 aromatic heterocycles. The van der Waals surface area contributed by atoms with Crippen LogP contribution in [0.4, 0.5) is 0 Å². The molecule has 0 unspecified atom stereocenters. The van der Waals surface area contributed by atoms with Crippen molar-refractivity contribution in [2.75, 3.05) is 50.8 Å². The van der Waals surface area contributed by atoms with Crippen molar-refractivity contribution in [2.24, 2.45) is 0 Å². The smallest absolute Gasteiger partial charge is 0.178 e. The van der Waals surface area contributed by atoms with Crippen LogP contribution >= 0.6 is 23.5 Å². The first-order valence-electron chi connectivity index (χ1n) is 9.05. The highest BCUT2D eigenvalue weighted by atomic mass is 32.2. The fourth-order valence-corrected chi connectivity index (χ4v) is 4.46. The second kappa shape index (κ2) is 12.9. The fraction of sp³-hybridized carbons (Fsp3) is 0.667. The Morgan fingerprint density at radius 3 is 1.35 bits per heavy atom. The molecule has 1 aromatic rings. The Labute approximate surface area is 166 Å². The largest absolute Gasteiger partial charge is 0.303 e. The van der Waals surface area contributed by atoms with Gasteiger partial charge in [0.25, 0.3) is 0 Å². The van der Waals surface area contributed by atoms with Crippen LogP contribution in [0.15, 0.2) is 10.1 Å². The van der Waals surface area contributed by atoms with Gasteiger partial charge in [-0.1, -0.05) is 27.7 Å². The molecule has 0 aromatic carbocycles. The Bertz CT molecular complexity index is 575. The van der Waals surface area contributed by atoms with Crippen molar-refractivity contribution in [2.45, 2.75) is 37.7 Å². The molecule has 0 radical (unpaired) electrons. The van der Waals surface area contributed by atoms with Gasteiger partial charge < -0.3 is 9.80 Å². The molecular formula is C18H28N6S2. The maximum atomic E-state index is 9.23. The minimum absolute atomic E-state index is 0.117. The molecule has 0 fully saturated rings. The van der Waals surface area contributed by atoms with E-state index in [1.807, 2.05) is 12.1 Å². The SMILES string of the molecule is CCN(CC)CCSc1nc(C#N)c(C#N)nc1SCCN(CC)CC. The van der Waals surface area contributed by atoms with E-state index in [1.165, 1.54) is 0 Å². The molecule has 1 heterocycles. The number of nitrogens with zero attached hydrogens (tertiary/aromatic N) is 6. The van der Waals surface area contributed by atoms with Gasteiger partial charge in [0.15, 0.2) is 11.4 Å². The Kier molecular flexibility index (Phi) is 11.3. The summed E-state index contributed by atoms with van der Waals surface area (Å²) in [5.41, 5.74) is 0.233. The van der Waals surface area contributed by atoms with Crippen LogP contribution in [0.25, 0.3) is 0 Å². The van der Waals surface area contributed by atoms with Gasteiger partial charge in [-0.15, -0.1) is 23.5 Å². The van der Waals surface area contributed by atoms with Crippen molar-refractivity contribution in [3.8, 4) is 12.1 Å². The number of hydrogen-bond donors (Lipinski definition) is 0.